The summed E-state index contributed by atoms with van der Waals surface area (Å²) < 4.78 is 0. The number of thiophene rings is 1. The SMILES string of the molecule is NC(=O)N1C(=O)C(C(=O)c2cccs2)c2nc(Cl)c(Cl)cc21. The van der Waals surface area contributed by atoms with Crippen LogP contribution in [0.5, 0.6) is 0 Å². The molecular weight excluding hydrogens is 349 g/mol. The van der Waals surface area contributed by atoms with Crippen molar-refractivity contribution in [3.63, 3.8) is 0 Å². The van der Waals surface area contributed by atoms with Gasteiger partial charge in [0, 0.05) is 0 Å². The van der Waals surface area contributed by atoms with Crippen LogP contribution >= 0.6 is 34.5 Å². The van der Waals surface area contributed by atoms with E-state index in [0.717, 1.165) is 0 Å². The number of urea groups is 1. The second-order valence-electron chi connectivity index (χ2n) is 4.45. The van der Waals surface area contributed by atoms with Crippen molar-refractivity contribution in [1.82, 2.24) is 4.98 Å². The van der Waals surface area contributed by atoms with Crippen LogP contribution in [0.3, 0.4) is 0 Å². The number of pyridine rings is 1. The second kappa shape index (κ2) is 5.35. The first kappa shape index (κ1) is 15.0. The number of Topliss-reactive ketones (excluding diaryl/α,β-unsaturated/α-hetero) is 1. The third-order valence-corrected chi connectivity index (χ3v) is 4.73. The molecule has 1 unspecified atom stereocenters. The Bertz CT molecular complexity index is 807. The number of primary amides is 1. The highest BCUT2D eigenvalue weighted by molar-refractivity contribution is 7.12. The second-order valence-corrected chi connectivity index (χ2v) is 6.16. The standard InChI is InChI=1S/C13H7Cl2N3O3S/c14-5-4-6-9(17-11(5)15)8(12(20)18(6)13(16)21)10(19)7-2-1-3-22-7/h1-4,8H,(H2,16,21). The molecule has 0 spiro atoms. The van der Waals surface area contributed by atoms with E-state index >= 15 is 0 Å². The molecule has 3 heterocycles. The Morgan fingerprint density at radius 3 is 2.68 bits per heavy atom. The van der Waals surface area contributed by atoms with Crippen molar-refractivity contribution in [1.29, 1.82) is 0 Å². The molecule has 3 rings (SSSR count). The van der Waals surface area contributed by atoms with Crippen molar-refractivity contribution in [3.8, 4) is 0 Å². The molecule has 6 nitrogen and oxygen atoms in total. The molecule has 0 saturated carbocycles. The van der Waals surface area contributed by atoms with E-state index in [2.05, 4.69) is 4.98 Å². The molecule has 1 aliphatic heterocycles. The zero-order valence-corrected chi connectivity index (χ0v) is 13.1. The number of anilines is 1. The number of nitrogens with two attached hydrogens (primary N) is 1. The van der Waals surface area contributed by atoms with Crippen LogP contribution in [0.1, 0.15) is 21.3 Å². The van der Waals surface area contributed by atoms with E-state index in [-0.39, 0.29) is 21.6 Å². The molecule has 3 amide bonds. The average Bonchev–Trinajstić information content (AvgIpc) is 3.05. The Hall–Kier alpha value is -1.96. The van der Waals surface area contributed by atoms with E-state index in [1.165, 1.54) is 17.4 Å². The summed E-state index contributed by atoms with van der Waals surface area (Å²) in [7, 11) is 0. The highest BCUT2D eigenvalue weighted by atomic mass is 35.5. The highest BCUT2D eigenvalue weighted by Gasteiger charge is 2.46. The lowest BCUT2D eigenvalue weighted by molar-refractivity contribution is -0.117. The lowest BCUT2D eigenvalue weighted by Crippen LogP contribution is -2.40. The van der Waals surface area contributed by atoms with Crippen LogP contribution in [0, 0.1) is 0 Å². The third kappa shape index (κ3) is 2.18. The summed E-state index contributed by atoms with van der Waals surface area (Å²) in [6.07, 6.45) is 0. The van der Waals surface area contributed by atoms with Gasteiger partial charge in [0.25, 0.3) is 5.91 Å². The van der Waals surface area contributed by atoms with Gasteiger partial charge in [0.15, 0.2) is 5.78 Å². The van der Waals surface area contributed by atoms with Gasteiger partial charge in [-0.25, -0.2) is 14.7 Å². The summed E-state index contributed by atoms with van der Waals surface area (Å²) in [6, 6.07) is 3.57. The zero-order chi connectivity index (χ0) is 16.0. The Labute approximate surface area is 138 Å². The Morgan fingerprint density at radius 1 is 1.36 bits per heavy atom. The molecule has 0 radical (unpaired) electrons. The number of hydrogen-bond acceptors (Lipinski definition) is 5. The number of fused-ring (bicyclic) bond motifs is 1. The van der Waals surface area contributed by atoms with E-state index < -0.39 is 23.6 Å². The number of hydrogen-bond donors (Lipinski definition) is 1. The molecule has 0 aliphatic carbocycles. The van der Waals surface area contributed by atoms with E-state index in [1.807, 2.05) is 0 Å². The lowest BCUT2D eigenvalue weighted by atomic mass is 10.00. The van der Waals surface area contributed by atoms with Gasteiger partial charge in [0.05, 0.1) is 21.3 Å². The topological polar surface area (TPSA) is 93.4 Å². The van der Waals surface area contributed by atoms with Gasteiger partial charge in [-0.1, -0.05) is 29.3 Å². The Kier molecular flexibility index (Phi) is 3.64. The number of carbonyl (C=O) groups excluding carboxylic acids is 3. The van der Waals surface area contributed by atoms with Crippen molar-refractivity contribution < 1.29 is 14.4 Å². The van der Waals surface area contributed by atoms with Gasteiger partial charge in [-0.2, -0.15) is 0 Å². The minimum atomic E-state index is -1.25. The normalized spacial score (nSPS) is 16.7. The number of rotatable bonds is 2. The van der Waals surface area contributed by atoms with Crippen LogP contribution in [0.25, 0.3) is 0 Å². The molecule has 1 atom stereocenters. The lowest BCUT2D eigenvalue weighted by Gasteiger charge is -2.12. The molecular formula is C13H7Cl2N3O3S. The van der Waals surface area contributed by atoms with Crippen molar-refractivity contribution >= 4 is 57.9 Å². The van der Waals surface area contributed by atoms with Crippen LogP contribution in [-0.2, 0) is 4.79 Å². The van der Waals surface area contributed by atoms with Crippen LogP contribution < -0.4 is 10.6 Å². The summed E-state index contributed by atoms with van der Waals surface area (Å²) >= 11 is 12.9. The van der Waals surface area contributed by atoms with Crippen LogP contribution in [-0.4, -0.2) is 22.7 Å². The number of imide groups is 1. The van der Waals surface area contributed by atoms with Crippen molar-refractivity contribution in [3.05, 3.63) is 44.3 Å². The summed E-state index contributed by atoms with van der Waals surface area (Å²) in [5.74, 6) is -2.47. The van der Waals surface area contributed by atoms with E-state index in [4.69, 9.17) is 28.9 Å². The van der Waals surface area contributed by atoms with Gasteiger partial charge < -0.3 is 5.73 Å². The molecule has 2 aromatic heterocycles. The number of ketones is 1. The molecule has 2 N–H and O–H groups in total. The summed E-state index contributed by atoms with van der Waals surface area (Å²) in [6.45, 7) is 0. The fourth-order valence-electron chi connectivity index (χ4n) is 2.25. The summed E-state index contributed by atoms with van der Waals surface area (Å²) in [4.78, 5) is 41.6. The third-order valence-electron chi connectivity index (χ3n) is 3.17. The predicted octanol–water partition coefficient (Wildman–Crippen LogP) is 2.84. The summed E-state index contributed by atoms with van der Waals surface area (Å²) in [5.41, 5.74) is 5.39. The van der Waals surface area contributed by atoms with Gasteiger partial charge in [-0.05, 0) is 17.5 Å². The average molecular weight is 356 g/mol. The summed E-state index contributed by atoms with van der Waals surface area (Å²) in [5, 5.41) is 1.72. The minimum Gasteiger partial charge on any atom is -0.351 e. The van der Waals surface area contributed by atoms with E-state index in [9.17, 15) is 14.4 Å². The number of amides is 3. The van der Waals surface area contributed by atoms with E-state index in [0.29, 0.717) is 9.78 Å². The molecule has 9 heteroatoms. The van der Waals surface area contributed by atoms with Crippen molar-refractivity contribution in [2.24, 2.45) is 5.73 Å². The van der Waals surface area contributed by atoms with Crippen LogP contribution in [0.4, 0.5) is 10.5 Å². The van der Waals surface area contributed by atoms with Crippen LogP contribution in [0.15, 0.2) is 23.6 Å². The first-order chi connectivity index (χ1) is 10.4. The van der Waals surface area contributed by atoms with Gasteiger partial charge in [0.1, 0.15) is 11.1 Å². The number of halogens is 2. The molecule has 0 saturated heterocycles. The molecule has 22 heavy (non-hydrogen) atoms. The van der Waals surface area contributed by atoms with E-state index in [1.54, 1.807) is 17.5 Å². The quantitative estimate of drug-likeness (QED) is 0.509. The fraction of sp³-hybridized carbons (Fsp3) is 0.0769. The molecule has 1 aliphatic rings. The monoisotopic (exact) mass is 355 g/mol. The van der Waals surface area contributed by atoms with Gasteiger partial charge in [0.2, 0.25) is 0 Å². The van der Waals surface area contributed by atoms with Crippen molar-refractivity contribution in [2.75, 3.05) is 4.90 Å². The maximum atomic E-state index is 12.5. The predicted molar refractivity (Wildman–Crippen MR) is 82.7 cm³/mol. The largest absolute Gasteiger partial charge is 0.351 e. The maximum Gasteiger partial charge on any atom is 0.326 e. The smallest absolute Gasteiger partial charge is 0.326 e. The molecule has 112 valence electrons. The van der Waals surface area contributed by atoms with Gasteiger partial charge in [-0.15, -0.1) is 11.3 Å². The number of aromatic nitrogens is 1. The fourth-order valence-corrected chi connectivity index (χ4v) is 3.24. The number of nitrogens with zero attached hydrogens (tertiary/aromatic N) is 2. The molecule has 2 aromatic rings. The highest BCUT2D eigenvalue weighted by Crippen LogP contribution is 2.41. The van der Waals surface area contributed by atoms with Crippen molar-refractivity contribution in [2.45, 2.75) is 5.92 Å². The van der Waals surface area contributed by atoms with Crippen LogP contribution in [0.2, 0.25) is 10.2 Å². The first-order valence-electron chi connectivity index (χ1n) is 5.99. The zero-order valence-electron chi connectivity index (χ0n) is 10.7. The van der Waals surface area contributed by atoms with Gasteiger partial charge in [-0.3, -0.25) is 9.59 Å². The van der Waals surface area contributed by atoms with Gasteiger partial charge >= 0.3 is 6.03 Å². The Balaban J connectivity index is 2.18. The maximum absolute atomic E-state index is 12.5. The number of carbonyl (C=O) groups is 3. The minimum absolute atomic E-state index is 0.0523. The Morgan fingerprint density at radius 2 is 2.09 bits per heavy atom. The molecule has 0 bridgehead atoms. The first-order valence-corrected chi connectivity index (χ1v) is 7.62. The molecule has 0 aromatic carbocycles. The molecule has 0 fully saturated rings.